The molecule has 34 heavy (non-hydrogen) atoms. The van der Waals surface area contributed by atoms with E-state index in [1.54, 1.807) is 12.1 Å². The van der Waals surface area contributed by atoms with Crippen LogP contribution in [-0.4, -0.2) is 0 Å². The van der Waals surface area contributed by atoms with Crippen LogP contribution in [-0.2, 0) is 5.41 Å². The molecule has 1 aliphatic carbocycles. The van der Waals surface area contributed by atoms with Crippen LogP contribution in [0.1, 0.15) is 82.7 Å². The third kappa shape index (κ3) is 4.69. The molecular weight excluding hydrogens is 417 g/mol. The van der Waals surface area contributed by atoms with Gasteiger partial charge in [-0.15, -0.1) is 0 Å². The largest absolute Gasteiger partial charge is 0.317 e. The molecule has 180 valence electrons. The van der Waals surface area contributed by atoms with Crippen molar-refractivity contribution in [2.75, 3.05) is 4.90 Å². The SMILES string of the molecule is C=C(c1ccc(F)cc1C1(C)CC1(C)C)N(/C=C\C)c1c(C)cc(/C(C=C(C)C)=C/C)cc1C. The molecule has 1 nitrogen and oxygen atoms in total. The molecule has 1 atom stereocenters. The van der Waals surface area contributed by atoms with Crippen LogP contribution in [0, 0.1) is 25.1 Å². The highest BCUT2D eigenvalue weighted by Crippen LogP contribution is 2.65. The Bertz CT molecular complexity index is 1180. The number of hydrogen-bond acceptors (Lipinski definition) is 1. The van der Waals surface area contributed by atoms with Gasteiger partial charge in [0.1, 0.15) is 5.82 Å². The number of aryl methyl sites for hydroxylation is 2. The Morgan fingerprint density at radius 3 is 2.09 bits per heavy atom. The number of hydrogen-bond donors (Lipinski definition) is 0. The van der Waals surface area contributed by atoms with E-state index in [1.807, 2.05) is 19.1 Å². The molecule has 2 heteroatoms. The lowest BCUT2D eigenvalue weighted by atomic mass is 9.85. The second-order valence-corrected chi connectivity index (χ2v) is 10.8. The highest BCUT2D eigenvalue weighted by Gasteiger charge is 2.59. The Hall–Kier alpha value is -2.87. The standard InChI is InChI=1S/C32H40FN/c1-11-15-34(30-22(5)17-26(18-23(30)6)25(12-2)16-21(3)4)24(7)28-14-13-27(33)19-29(28)32(10)20-31(32,8)9/h11-19H,7,20H2,1-6,8-10H3/b15-11-,25-12+. The van der Waals surface area contributed by atoms with Gasteiger partial charge in [-0.05, 0) is 117 Å². The molecule has 0 N–H and O–H groups in total. The molecule has 0 saturated heterocycles. The van der Waals surface area contributed by atoms with Gasteiger partial charge in [-0.3, -0.25) is 0 Å². The van der Waals surface area contributed by atoms with Crippen LogP contribution in [0.5, 0.6) is 0 Å². The van der Waals surface area contributed by atoms with Crippen LogP contribution in [0.15, 0.2) is 66.9 Å². The summed E-state index contributed by atoms with van der Waals surface area (Å²) in [5.74, 6) is -0.192. The van der Waals surface area contributed by atoms with Crippen LogP contribution < -0.4 is 4.90 Å². The monoisotopic (exact) mass is 457 g/mol. The van der Waals surface area contributed by atoms with Crippen molar-refractivity contribution in [2.24, 2.45) is 5.41 Å². The number of benzene rings is 2. The van der Waals surface area contributed by atoms with Gasteiger partial charge in [0.25, 0.3) is 0 Å². The summed E-state index contributed by atoms with van der Waals surface area (Å²) >= 11 is 0. The van der Waals surface area contributed by atoms with Crippen molar-refractivity contribution in [3.63, 3.8) is 0 Å². The van der Waals surface area contributed by atoms with Gasteiger partial charge in [0, 0.05) is 17.5 Å². The zero-order valence-electron chi connectivity index (χ0n) is 22.4. The van der Waals surface area contributed by atoms with Gasteiger partial charge < -0.3 is 4.90 Å². The zero-order valence-corrected chi connectivity index (χ0v) is 22.4. The Balaban J connectivity index is 2.13. The van der Waals surface area contributed by atoms with Gasteiger partial charge >= 0.3 is 0 Å². The van der Waals surface area contributed by atoms with E-state index in [0.29, 0.717) is 0 Å². The topological polar surface area (TPSA) is 3.24 Å². The molecular formula is C32H40FN. The predicted molar refractivity (Wildman–Crippen MR) is 147 cm³/mol. The van der Waals surface area contributed by atoms with Crippen molar-refractivity contribution in [1.82, 2.24) is 0 Å². The van der Waals surface area contributed by atoms with Crippen LogP contribution >= 0.6 is 0 Å². The summed E-state index contributed by atoms with van der Waals surface area (Å²) in [6.07, 6.45) is 9.52. The molecule has 0 amide bonds. The molecule has 1 fully saturated rings. The lowest BCUT2D eigenvalue weighted by molar-refractivity contribution is 0.523. The van der Waals surface area contributed by atoms with Crippen molar-refractivity contribution >= 4 is 17.0 Å². The first-order chi connectivity index (χ1) is 15.9. The van der Waals surface area contributed by atoms with Crippen LogP contribution in [0.3, 0.4) is 0 Å². The molecule has 3 rings (SSSR count). The molecule has 0 radical (unpaired) electrons. The van der Waals surface area contributed by atoms with Crippen LogP contribution in [0.25, 0.3) is 11.3 Å². The fraction of sp³-hybridized carbons (Fsp3) is 0.375. The Morgan fingerprint density at radius 1 is 1.03 bits per heavy atom. The van der Waals surface area contributed by atoms with E-state index in [4.69, 9.17) is 0 Å². The van der Waals surface area contributed by atoms with E-state index >= 15 is 0 Å². The van der Waals surface area contributed by atoms with Crippen LogP contribution in [0.2, 0.25) is 0 Å². The van der Waals surface area contributed by atoms with Gasteiger partial charge in [0.2, 0.25) is 0 Å². The quantitative estimate of drug-likeness (QED) is 0.374. The second kappa shape index (κ2) is 9.41. The van der Waals surface area contributed by atoms with Crippen molar-refractivity contribution in [2.45, 2.75) is 74.1 Å². The third-order valence-corrected chi connectivity index (χ3v) is 7.46. The summed E-state index contributed by atoms with van der Waals surface area (Å²) < 4.78 is 14.4. The summed E-state index contributed by atoms with van der Waals surface area (Å²) in [7, 11) is 0. The average molecular weight is 458 g/mol. The maximum absolute atomic E-state index is 14.4. The number of nitrogens with zero attached hydrogens (tertiary/aromatic N) is 1. The molecule has 0 aromatic heterocycles. The molecule has 2 aromatic carbocycles. The number of anilines is 1. The summed E-state index contributed by atoms with van der Waals surface area (Å²) in [5, 5.41) is 0. The van der Waals surface area contributed by atoms with Crippen molar-refractivity contribution in [3.8, 4) is 0 Å². The second-order valence-electron chi connectivity index (χ2n) is 10.8. The molecule has 1 unspecified atom stereocenters. The van der Waals surface area contributed by atoms with Crippen molar-refractivity contribution in [1.29, 1.82) is 0 Å². The first kappa shape index (κ1) is 25.7. The lowest BCUT2D eigenvalue weighted by Gasteiger charge is -2.30. The maximum atomic E-state index is 14.4. The molecule has 0 heterocycles. The van der Waals surface area contributed by atoms with E-state index in [0.717, 1.165) is 28.9 Å². The third-order valence-electron chi connectivity index (χ3n) is 7.46. The number of rotatable bonds is 7. The number of halogens is 1. The van der Waals surface area contributed by atoms with E-state index in [1.165, 1.54) is 27.8 Å². The van der Waals surface area contributed by atoms with E-state index in [9.17, 15) is 4.39 Å². The van der Waals surface area contributed by atoms with Gasteiger partial charge in [0.05, 0.1) is 5.69 Å². The molecule has 1 saturated carbocycles. The smallest absolute Gasteiger partial charge is 0.123 e. The van der Waals surface area contributed by atoms with Crippen molar-refractivity contribution in [3.05, 3.63) is 101 Å². The highest BCUT2D eigenvalue weighted by atomic mass is 19.1. The zero-order chi connectivity index (χ0) is 25.4. The Morgan fingerprint density at radius 2 is 1.62 bits per heavy atom. The molecule has 1 aliphatic rings. The molecule has 0 aliphatic heterocycles. The van der Waals surface area contributed by atoms with E-state index in [-0.39, 0.29) is 16.6 Å². The summed E-state index contributed by atoms with van der Waals surface area (Å²) in [6.45, 7) is 23.9. The molecule has 0 bridgehead atoms. The van der Waals surface area contributed by atoms with E-state index in [2.05, 4.69) is 97.4 Å². The highest BCUT2D eigenvalue weighted by molar-refractivity contribution is 5.86. The van der Waals surface area contributed by atoms with Gasteiger partial charge in [-0.25, -0.2) is 4.39 Å². The fourth-order valence-corrected chi connectivity index (χ4v) is 5.25. The van der Waals surface area contributed by atoms with Gasteiger partial charge in [0.15, 0.2) is 0 Å². The Kier molecular flexibility index (Phi) is 7.12. The van der Waals surface area contributed by atoms with Gasteiger partial charge in [-0.1, -0.05) is 51.2 Å². The lowest BCUT2D eigenvalue weighted by Crippen LogP contribution is -2.20. The van der Waals surface area contributed by atoms with E-state index < -0.39 is 0 Å². The normalized spacial score (nSPS) is 19.3. The summed E-state index contributed by atoms with van der Waals surface area (Å²) in [5.41, 5.74) is 10.2. The average Bonchev–Trinajstić information content (AvgIpc) is 3.28. The fourth-order valence-electron chi connectivity index (χ4n) is 5.25. The van der Waals surface area contributed by atoms with Gasteiger partial charge in [-0.2, -0.15) is 0 Å². The number of allylic oxidation sites excluding steroid dienone is 5. The maximum Gasteiger partial charge on any atom is 0.123 e. The Labute approximate surface area is 206 Å². The predicted octanol–water partition coefficient (Wildman–Crippen LogP) is 9.51. The summed E-state index contributed by atoms with van der Waals surface area (Å²) in [4.78, 5) is 2.17. The minimum Gasteiger partial charge on any atom is -0.317 e. The van der Waals surface area contributed by atoms with Crippen LogP contribution in [0.4, 0.5) is 10.1 Å². The first-order valence-electron chi connectivity index (χ1n) is 12.2. The van der Waals surface area contributed by atoms with Crippen molar-refractivity contribution < 1.29 is 4.39 Å². The minimum atomic E-state index is -0.192. The first-order valence-corrected chi connectivity index (χ1v) is 12.2. The summed E-state index contributed by atoms with van der Waals surface area (Å²) in [6, 6.07) is 9.66. The molecule has 0 spiro atoms. The minimum absolute atomic E-state index is 0.0614. The molecule has 2 aromatic rings.